The summed E-state index contributed by atoms with van der Waals surface area (Å²) in [4.78, 5) is 0.945. The van der Waals surface area contributed by atoms with Crippen LogP contribution in [-0.4, -0.2) is 20.7 Å². The number of hydrogen-bond acceptors (Lipinski definition) is 3. The normalized spacial score (nSPS) is 11.6. The molecule has 124 valence electrons. The molecule has 0 saturated heterocycles. The minimum atomic E-state index is -3.43. The zero-order valence-corrected chi connectivity index (χ0v) is 14.0. The number of rotatable bonds is 8. The molecule has 0 spiro atoms. The average Bonchev–Trinajstić information content (AvgIpc) is 2.51. The number of sulfonamides is 1. The standard InChI is InChI=1S/C16H17F2NO2S2/c17-14-4-2-13(3-5-14)12-23(20,21)19-10-1-11-22-16-8-6-15(18)7-9-16/h2-9,19H,1,10-12H2. The summed E-state index contributed by atoms with van der Waals surface area (Å²) < 4.78 is 51.9. The summed E-state index contributed by atoms with van der Waals surface area (Å²) in [5.74, 6) is -0.108. The molecule has 0 fully saturated rings. The van der Waals surface area contributed by atoms with Gasteiger partial charge in [-0.2, -0.15) is 0 Å². The summed E-state index contributed by atoms with van der Waals surface area (Å²) in [5.41, 5.74) is 0.541. The molecule has 2 rings (SSSR count). The third kappa shape index (κ3) is 6.68. The highest BCUT2D eigenvalue weighted by Crippen LogP contribution is 2.18. The van der Waals surface area contributed by atoms with E-state index in [4.69, 9.17) is 0 Å². The Bertz CT molecular complexity index is 717. The minimum absolute atomic E-state index is 0.168. The Balaban J connectivity index is 1.70. The van der Waals surface area contributed by atoms with Crippen molar-refractivity contribution in [3.05, 3.63) is 65.7 Å². The van der Waals surface area contributed by atoms with Crippen LogP contribution in [0.2, 0.25) is 0 Å². The molecule has 0 saturated carbocycles. The van der Waals surface area contributed by atoms with Gasteiger partial charge in [0.2, 0.25) is 10.0 Å². The first kappa shape index (κ1) is 17.9. The molecule has 0 amide bonds. The Morgan fingerprint density at radius 1 is 0.913 bits per heavy atom. The predicted molar refractivity (Wildman–Crippen MR) is 88.8 cm³/mol. The second-order valence-corrected chi connectivity index (χ2v) is 7.91. The van der Waals surface area contributed by atoms with E-state index in [0.29, 0.717) is 18.5 Å². The van der Waals surface area contributed by atoms with Gasteiger partial charge in [-0.25, -0.2) is 21.9 Å². The fourth-order valence-corrected chi connectivity index (χ4v) is 3.91. The van der Waals surface area contributed by atoms with Crippen LogP contribution >= 0.6 is 11.8 Å². The van der Waals surface area contributed by atoms with Crippen LogP contribution in [0.3, 0.4) is 0 Å². The predicted octanol–water partition coefficient (Wildman–Crippen LogP) is 3.57. The third-order valence-electron chi connectivity index (χ3n) is 3.00. The van der Waals surface area contributed by atoms with Gasteiger partial charge in [-0.05, 0) is 54.1 Å². The summed E-state index contributed by atoms with van der Waals surface area (Å²) in [7, 11) is -3.43. The maximum Gasteiger partial charge on any atom is 0.215 e. The largest absolute Gasteiger partial charge is 0.215 e. The maximum atomic E-state index is 12.8. The molecule has 23 heavy (non-hydrogen) atoms. The fourth-order valence-electron chi connectivity index (χ4n) is 1.87. The van der Waals surface area contributed by atoms with Gasteiger partial charge in [0.1, 0.15) is 11.6 Å². The van der Waals surface area contributed by atoms with Gasteiger partial charge in [0.15, 0.2) is 0 Å². The summed E-state index contributed by atoms with van der Waals surface area (Å²) in [6.07, 6.45) is 0.657. The highest BCUT2D eigenvalue weighted by atomic mass is 32.2. The van der Waals surface area contributed by atoms with Crippen LogP contribution < -0.4 is 4.72 Å². The monoisotopic (exact) mass is 357 g/mol. The molecule has 7 heteroatoms. The summed E-state index contributed by atoms with van der Waals surface area (Å²) >= 11 is 1.54. The van der Waals surface area contributed by atoms with Crippen molar-refractivity contribution in [1.82, 2.24) is 4.72 Å². The number of hydrogen-bond donors (Lipinski definition) is 1. The molecule has 0 unspecified atom stereocenters. The van der Waals surface area contributed by atoms with Gasteiger partial charge in [0.05, 0.1) is 5.75 Å². The molecule has 0 atom stereocenters. The van der Waals surface area contributed by atoms with E-state index < -0.39 is 15.8 Å². The van der Waals surface area contributed by atoms with Crippen LogP contribution in [0.5, 0.6) is 0 Å². The minimum Gasteiger partial charge on any atom is -0.215 e. The van der Waals surface area contributed by atoms with Crippen LogP contribution in [0.25, 0.3) is 0 Å². The van der Waals surface area contributed by atoms with Crippen LogP contribution in [-0.2, 0) is 15.8 Å². The molecule has 2 aromatic carbocycles. The van der Waals surface area contributed by atoms with Crippen molar-refractivity contribution in [2.24, 2.45) is 0 Å². The van der Waals surface area contributed by atoms with E-state index >= 15 is 0 Å². The van der Waals surface area contributed by atoms with E-state index in [9.17, 15) is 17.2 Å². The lowest BCUT2D eigenvalue weighted by Gasteiger charge is -2.07. The Labute approximate surface area is 139 Å². The number of nitrogens with one attached hydrogen (secondary N) is 1. The third-order valence-corrected chi connectivity index (χ3v) is 5.45. The van der Waals surface area contributed by atoms with Crippen molar-refractivity contribution >= 4 is 21.8 Å². The first-order valence-corrected chi connectivity index (χ1v) is 9.68. The molecule has 0 heterocycles. The van der Waals surface area contributed by atoms with Gasteiger partial charge in [0.25, 0.3) is 0 Å². The molecular formula is C16H17F2NO2S2. The molecular weight excluding hydrogens is 340 g/mol. The van der Waals surface area contributed by atoms with Crippen molar-refractivity contribution in [3.8, 4) is 0 Å². The van der Waals surface area contributed by atoms with E-state index in [-0.39, 0.29) is 11.6 Å². The zero-order valence-electron chi connectivity index (χ0n) is 12.3. The highest BCUT2D eigenvalue weighted by molar-refractivity contribution is 7.99. The first-order chi connectivity index (χ1) is 10.9. The van der Waals surface area contributed by atoms with Crippen LogP contribution in [0.15, 0.2) is 53.4 Å². The molecule has 0 aliphatic rings. The second-order valence-electron chi connectivity index (χ2n) is 4.94. The van der Waals surface area contributed by atoms with Gasteiger partial charge in [-0.3, -0.25) is 0 Å². The quantitative estimate of drug-likeness (QED) is 0.580. The van der Waals surface area contributed by atoms with E-state index in [1.807, 2.05) is 0 Å². The van der Waals surface area contributed by atoms with Crippen LogP contribution in [0.1, 0.15) is 12.0 Å². The van der Waals surface area contributed by atoms with Crippen molar-refractivity contribution in [2.45, 2.75) is 17.1 Å². The van der Waals surface area contributed by atoms with E-state index in [1.165, 1.54) is 36.4 Å². The van der Waals surface area contributed by atoms with E-state index in [0.717, 1.165) is 10.6 Å². The summed E-state index contributed by atoms with van der Waals surface area (Å²) in [6, 6.07) is 11.6. The Morgan fingerprint density at radius 3 is 2.09 bits per heavy atom. The number of thioether (sulfide) groups is 1. The topological polar surface area (TPSA) is 46.2 Å². The van der Waals surface area contributed by atoms with Gasteiger partial charge >= 0.3 is 0 Å². The van der Waals surface area contributed by atoms with Crippen molar-refractivity contribution in [2.75, 3.05) is 12.3 Å². The van der Waals surface area contributed by atoms with E-state index in [2.05, 4.69) is 4.72 Å². The Hall–Kier alpha value is -1.44. The van der Waals surface area contributed by atoms with Gasteiger partial charge in [-0.1, -0.05) is 12.1 Å². The molecule has 0 bridgehead atoms. The lowest BCUT2D eigenvalue weighted by atomic mass is 10.2. The lowest BCUT2D eigenvalue weighted by molar-refractivity contribution is 0.580. The van der Waals surface area contributed by atoms with Crippen LogP contribution in [0.4, 0.5) is 8.78 Å². The number of benzene rings is 2. The number of halogens is 2. The maximum absolute atomic E-state index is 12.8. The molecule has 3 nitrogen and oxygen atoms in total. The van der Waals surface area contributed by atoms with Crippen LogP contribution in [0, 0.1) is 11.6 Å². The molecule has 0 aliphatic heterocycles. The Kier molecular flexibility index (Phi) is 6.56. The molecule has 2 aromatic rings. The second kappa shape index (κ2) is 8.42. The summed E-state index contributed by atoms with van der Waals surface area (Å²) in [6.45, 7) is 0.331. The molecule has 1 N–H and O–H groups in total. The zero-order chi connectivity index (χ0) is 16.7. The molecule has 0 radical (unpaired) electrons. The molecule has 0 aliphatic carbocycles. The van der Waals surface area contributed by atoms with Gasteiger partial charge in [0, 0.05) is 11.4 Å². The van der Waals surface area contributed by atoms with Crippen molar-refractivity contribution in [1.29, 1.82) is 0 Å². The molecule has 0 aromatic heterocycles. The van der Waals surface area contributed by atoms with Gasteiger partial charge < -0.3 is 0 Å². The van der Waals surface area contributed by atoms with Crippen molar-refractivity contribution < 1.29 is 17.2 Å². The summed E-state index contributed by atoms with van der Waals surface area (Å²) in [5, 5.41) is 0. The highest BCUT2D eigenvalue weighted by Gasteiger charge is 2.10. The van der Waals surface area contributed by atoms with Gasteiger partial charge in [-0.15, -0.1) is 11.8 Å². The first-order valence-electron chi connectivity index (χ1n) is 7.05. The van der Waals surface area contributed by atoms with Crippen molar-refractivity contribution in [3.63, 3.8) is 0 Å². The smallest absolute Gasteiger partial charge is 0.215 e. The SMILES string of the molecule is O=S(=O)(Cc1ccc(F)cc1)NCCCSc1ccc(F)cc1. The average molecular weight is 357 g/mol. The lowest BCUT2D eigenvalue weighted by Crippen LogP contribution is -2.26. The Morgan fingerprint density at radius 2 is 1.48 bits per heavy atom. The fraction of sp³-hybridized carbons (Fsp3) is 0.250. The van der Waals surface area contributed by atoms with E-state index in [1.54, 1.807) is 23.9 Å².